The van der Waals surface area contributed by atoms with Crippen molar-refractivity contribution < 1.29 is 9.53 Å². The molecular formula is C19H23N3O2. The molecule has 1 aromatic heterocycles. The van der Waals surface area contributed by atoms with Gasteiger partial charge in [0.05, 0.1) is 5.56 Å². The molecule has 3 heterocycles. The summed E-state index contributed by atoms with van der Waals surface area (Å²) in [5, 5.41) is 3.51. The summed E-state index contributed by atoms with van der Waals surface area (Å²) in [5.74, 6) is 1.09. The van der Waals surface area contributed by atoms with Gasteiger partial charge < -0.3 is 19.9 Å². The van der Waals surface area contributed by atoms with Gasteiger partial charge in [0.25, 0.3) is 5.91 Å². The molecule has 4 rings (SSSR count). The molecule has 1 aromatic carbocycles. The van der Waals surface area contributed by atoms with Crippen LogP contribution < -0.4 is 10.1 Å². The first-order valence-corrected chi connectivity index (χ1v) is 8.57. The quantitative estimate of drug-likeness (QED) is 0.847. The van der Waals surface area contributed by atoms with E-state index in [9.17, 15) is 4.79 Å². The number of aromatic nitrogens is 1. The van der Waals surface area contributed by atoms with Crippen LogP contribution in [-0.2, 0) is 6.54 Å². The van der Waals surface area contributed by atoms with Crippen molar-refractivity contribution in [2.75, 3.05) is 19.6 Å². The molecule has 24 heavy (non-hydrogen) atoms. The number of nitrogens with one attached hydrogen (secondary N) is 2. The SMILES string of the molecule is Cc1c[nH]cc1C(=O)N1CCC2(CC1)CNCc1ccccc1O2. The Kier molecular flexibility index (Phi) is 3.81. The van der Waals surface area contributed by atoms with Crippen LogP contribution in [0.3, 0.4) is 0 Å². The number of fused-ring (bicyclic) bond motifs is 1. The Balaban J connectivity index is 1.48. The molecule has 1 spiro atoms. The smallest absolute Gasteiger partial charge is 0.255 e. The molecule has 1 saturated heterocycles. The number of amides is 1. The van der Waals surface area contributed by atoms with E-state index in [1.165, 1.54) is 5.56 Å². The molecule has 2 aliphatic heterocycles. The summed E-state index contributed by atoms with van der Waals surface area (Å²) in [5.41, 5.74) is 2.77. The van der Waals surface area contributed by atoms with Crippen LogP contribution in [0.15, 0.2) is 36.7 Å². The number of aryl methyl sites for hydroxylation is 1. The van der Waals surface area contributed by atoms with E-state index in [-0.39, 0.29) is 11.5 Å². The van der Waals surface area contributed by atoms with Gasteiger partial charge in [0, 0.05) is 57.0 Å². The first-order valence-electron chi connectivity index (χ1n) is 8.57. The van der Waals surface area contributed by atoms with E-state index in [0.29, 0.717) is 0 Å². The highest BCUT2D eigenvalue weighted by Crippen LogP contribution is 2.33. The van der Waals surface area contributed by atoms with Crippen molar-refractivity contribution in [2.24, 2.45) is 0 Å². The van der Waals surface area contributed by atoms with Gasteiger partial charge >= 0.3 is 0 Å². The second-order valence-electron chi connectivity index (χ2n) is 6.84. The molecule has 0 saturated carbocycles. The molecule has 1 fully saturated rings. The van der Waals surface area contributed by atoms with E-state index in [0.717, 1.165) is 55.9 Å². The lowest BCUT2D eigenvalue weighted by atomic mass is 9.90. The minimum atomic E-state index is -0.212. The molecule has 0 bridgehead atoms. The normalized spacial score (nSPS) is 19.5. The molecule has 0 atom stereocenters. The summed E-state index contributed by atoms with van der Waals surface area (Å²) in [6.07, 6.45) is 5.36. The number of ether oxygens (including phenoxy) is 1. The largest absolute Gasteiger partial charge is 0.485 e. The zero-order valence-electron chi connectivity index (χ0n) is 14.0. The van der Waals surface area contributed by atoms with E-state index in [1.807, 2.05) is 36.2 Å². The number of rotatable bonds is 1. The number of likely N-dealkylation sites (tertiary alicyclic amines) is 1. The summed E-state index contributed by atoms with van der Waals surface area (Å²) in [4.78, 5) is 17.6. The number of carbonyl (C=O) groups excluding carboxylic acids is 1. The number of para-hydroxylation sites is 1. The third-order valence-electron chi connectivity index (χ3n) is 5.21. The summed E-state index contributed by atoms with van der Waals surface area (Å²) < 4.78 is 6.42. The van der Waals surface area contributed by atoms with Gasteiger partial charge in [-0.2, -0.15) is 0 Å². The summed E-state index contributed by atoms with van der Waals surface area (Å²) >= 11 is 0. The van der Waals surface area contributed by atoms with Gasteiger partial charge in [0.15, 0.2) is 0 Å². The Hall–Kier alpha value is -2.27. The Morgan fingerprint density at radius 1 is 1.21 bits per heavy atom. The molecule has 2 aliphatic rings. The minimum absolute atomic E-state index is 0.116. The Labute approximate surface area is 142 Å². The third kappa shape index (κ3) is 2.69. The van der Waals surface area contributed by atoms with Gasteiger partial charge in [-0.3, -0.25) is 4.79 Å². The maximum Gasteiger partial charge on any atom is 0.255 e. The van der Waals surface area contributed by atoms with Crippen molar-refractivity contribution in [1.29, 1.82) is 0 Å². The average Bonchev–Trinajstić information content (AvgIpc) is 2.94. The van der Waals surface area contributed by atoms with Crippen molar-refractivity contribution in [3.05, 3.63) is 53.3 Å². The van der Waals surface area contributed by atoms with Crippen molar-refractivity contribution in [1.82, 2.24) is 15.2 Å². The van der Waals surface area contributed by atoms with Crippen molar-refractivity contribution >= 4 is 5.91 Å². The summed E-state index contributed by atoms with van der Waals surface area (Å²) in [6, 6.07) is 8.22. The fraction of sp³-hybridized carbons (Fsp3) is 0.421. The van der Waals surface area contributed by atoms with Gasteiger partial charge in [-0.05, 0) is 18.6 Å². The minimum Gasteiger partial charge on any atom is -0.485 e. The van der Waals surface area contributed by atoms with Crippen LogP contribution in [-0.4, -0.2) is 41.0 Å². The number of piperidine rings is 1. The van der Waals surface area contributed by atoms with Crippen LogP contribution in [0.5, 0.6) is 5.75 Å². The average molecular weight is 325 g/mol. The molecular weight excluding hydrogens is 302 g/mol. The zero-order valence-corrected chi connectivity index (χ0v) is 14.0. The Morgan fingerprint density at radius 2 is 2.00 bits per heavy atom. The number of benzene rings is 1. The van der Waals surface area contributed by atoms with Crippen LogP contribution in [0, 0.1) is 6.92 Å². The van der Waals surface area contributed by atoms with Gasteiger partial charge in [0.2, 0.25) is 0 Å². The van der Waals surface area contributed by atoms with Gasteiger partial charge in [-0.15, -0.1) is 0 Å². The third-order valence-corrected chi connectivity index (χ3v) is 5.21. The first kappa shape index (κ1) is 15.3. The summed E-state index contributed by atoms with van der Waals surface area (Å²) in [7, 11) is 0. The number of hydrogen-bond donors (Lipinski definition) is 2. The number of H-pyrrole nitrogens is 1. The molecule has 1 amide bonds. The highest BCUT2D eigenvalue weighted by Gasteiger charge is 2.39. The number of aromatic amines is 1. The molecule has 2 N–H and O–H groups in total. The predicted octanol–water partition coefficient (Wildman–Crippen LogP) is 2.48. The van der Waals surface area contributed by atoms with E-state index in [1.54, 1.807) is 6.20 Å². The lowest BCUT2D eigenvalue weighted by molar-refractivity contribution is 0.00767. The summed E-state index contributed by atoms with van der Waals surface area (Å²) in [6.45, 7) is 5.08. The highest BCUT2D eigenvalue weighted by atomic mass is 16.5. The maximum absolute atomic E-state index is 12.7. The van der Waals surface area contributed by atoms with Crippen molar-refractivity contribution in [3.63, 3.8) is 0 Å². The van der Waals surface area contributed by atoms with Crippen molar-refractivity contribution in [2.45, 2.75) is 31.9 Å². The van der Waals surface area contributed by atoms with Crippen LogP contribution in [0.4, 0.5) is 0 Å². The molecule has 5 nitrogen and oxygen atoms in total. The van der Waals surface area contributed by atoms with Crippen molar-refractivity contribution in [3.8, 4) is 5.75 Å². The zero-order chi connectivity index (χ0) is 16.6. The Morgan fingerprint density at radius 3 is 2.75 bits per heavy atom. The van der Waals surface area contributed by atoms with Crippen LogP contribution in [0.2, 0.25) is 0 Å². The van der Waals surface area contributed by atoms with E-state index >= 15 is 0 Å². The number of hydrogen-bond acceptors (Lipinski definition) is 3. The first-order chi connectivity index (χ1) is 11.7. The molecule has 0 aliphatic carbocycles. The standard InChI is InChI=1S/C19H23N3O2/c1-14-10-20-12-16(14)18(23)22-8-6-19(7-9-22)13-21-11-15-4-2-3-5-17(15)24-19/h2-5,10,12,20-21H,6-9,11,13H2,1H3. The van der Waals surface area contributed by atoms with E-state index in [4.69, 9.17) is 4.74 Å². The second kappa shape index (κ2) is 5.98. The molecule has 5 heteroatoms. The monoisotopic (exact) mass is 325 g/mol. The fourth-order valence-electron chi connectivity index (χ4n) is 3.68. The van der Waals surface area contributed by atoms with Gasteiger partial charge in [-0.1, -0.05) is 18.2 Å². The molecule has 126 valence electrons. The lowest BCUT2D eigenvalue weighted by Crippen LogP contribution is -2.53. The second-order valence-corrected chi connectivity index (χ2v) is 6.84. The lowest BCUT2D eigenvalue weighted by Gasteiger charge is -2.41. The highest BCUT2D eigenvalue weighted by molar-refractivity contribution is 5.95. The molecule has 0 radical (unpaired) electrons. The van der Waals surface area contributed by atoms with E-state index in [2.05, 4.69) is 16.4 Å². The fourth-order valence-corrected chi connectivity index (χ4v) is 3.68. The molecule has 0 unspecified atom stereocenters. The maximum atomic E-state index is 12.7. The van der Waals surface area contributed by atoms with Crippen LogP contribution in [0.25, 0.3) is 0 Å². The Bertz CT molecular complexity index is 745. The van der Waals surface area contributed by atoms with Crippen LogP contribution >= 0.6 is 0 Å². The van der Waals surface area contributed by atoms with Gasteiger partial charge in [0.1, 0.15) is 11.4 Å². The number of carbonyl (C=O) groups is 1. The topological polar surface area (TPSA) is 57.4 Å². The van der Waals surface area contributed by atoms with E-state index < -0.39 is 0 Å². The molecule has 2 aromatic rings. The predicted molar refractivity (Wildman–Crippen MR) is 92.2 cm³/mol. The number of nitrogens with zero attached hydrogens (tertiary/aromatic N) is 1. The van der Waals surface area contributed by atoms with Gasteiger partial charge in [-0.25, -0.2) is 0 Å². The van der Waals surface area contributed by atoms with Crippen LogP contribution in [0.1, 0.15) is 34.3 Å².